The highest BCUT2D eigenvalue weighted by atomic mass is 15.3. The van der Waals surface area contributed by atoms with Gasteiger partial charge in [-0.25, -0.2) is 4.68 Å². The highest BCUT2D eigenvalue weighted by Crippen LogP contribution is 2.15. The molecule has 3 aromatic heterocycles. The first kappa shape index (κ1) is 14.8. The van der Waals surface area contributed by atoms with Crippen molar-refractivity contribution in [2.24, 2.45) is 0 Å². The van der Waals surface area contributed by atoms with Crippen LogP contribution in [0.1, 0.15) is 36.6 Å². The van der Waals surface area contributed by atoms with E-state index >= 15 is 0 Å². The summed E-state index contributed by atoms with van der Waals surface area (Å²) < 4.78 is 3.94. The standard InChI is InChI=1S/C16H20N8/c1-12-8-10-24(22-12)15-7-6-13(18-20-15)17-11-16-21-19-14-5-3-2-4-9-23(14)16/h6-8,10H,2-5,9,11H2,1H3,(H,17,18). The van der Waals surface area contributed by atoms with Crippen molar-refractivity contribution in [3.63, 3.8) is 0 Å². The van der Waals surface area contributed by atoms with E-state index in [4.69, 9.17) is 0 Å². The third-order valence-corrected chi connectivity index (χ3v) is 4.22. The van der Waals surface area contributed by atoms with Crippen LogP contribution < -0.4 is 5.32 Å². The molecule has 0 aromatic carbocycles. The molecular formula is C16H20N8. The van der Waals surface area contributed by atoms with Gasteiger partial charge in [0.15, 0.2) is 11.6 Å². The molecule has 0 amide bonds. The van der Waals surface area contributed by atoms with E-state index in [9.17, 15) is 0 Å². The van der Waals surface area contributed by atoms with Gasteiger partial charge in [0.2, 0.25) is 0 Å². The zero-order chi connectivity index (χ0) is 16.4. The lowest BCUT2D eigenvalue weighted by Gasteiger charge is -2.08. The maximum atomic E-state index is 4.33. The molecule has 3 aromatic rings. The van der Waals surface area contributed by atoms with Crippen LogP contribution in [0.4, 0.5) is 5.82 Å². The van der Waals surface area contributed by atoms with Gasteiger partial charge < -0.3 is 9.88 Å². The molecule has 4 heterocycles. The quantitative estimate of drug-likeness (QED) is 0.789. The normalized spacial score (nSPS) is 14.2. The molecule has 0 saturated heterocycles. The van der Waals surface area contributed by atoms with Gasteiger partial charge in [0.25, 0.3) is 0 Å². The Morgan fingerprint density at radius 3 is 2.79 bits per heavy atom. The van der Waals surface area contributed by atoms with Crippen molar-refractivity contribution in [2.45, 2.75) is 45.7 Å². The van der Waals surface area contributed by atoms with Crippen LogP contribution >= 0.6 is 0 Å². The molecule has 1 aliphatic rings. The van der Waals surface area contributed by atoms with E-state index in [1.165, 1.54) is 19.3 Å². The van der Waals surface area contributed by atoms with E-state index in [1.807, 2.05) is 31.3 Å². The second-order valence-electron chi connectivity index (χ2n) is 6.03. The summed E-state index contributed by atoms with van der Waals surface area (Å²) >= 11 is 0. The zero-order valence-corrected chi connectivity index (χ0v) is 13.7. The minimum atomic E-state index is 0.599. The molecule has 0 aliphatic carbocycles. The molecule has 0 unspecified atom stereocenters. The first-order chi connectivity index (χ1) is 11.8. The monoisotopic (exact) mass is 324 g/mol. The van der Waals surface area contributed by atoms with Crippen LogP contribution in [0.2, 0.25) is 0 Å². The summed E-state index contributed by atoms with van der Waals surface area (Å²) in [7, 11) is 0. The topological polar surface area (TPSA) is 86.3 Å². The number of fused-ring (bicyclic) bond motifs is 1. The lowest BCUT2D eigenvalue weighted by atomic mass is 10.2. The largest absolute Gasteiger partial charge is 0.361 e. The second-order valence-corrected chi connectivity index (χ2v) is 6.03. The van der Waals surface area contributed by atoms with Gasteiger partial charge in [0, 0.05) is 19.2 Å². The molecule has 24 heavy (non-hydrogen) atoms. The van der Waals surface area contributed by atoms with E-state index in [2.05, 4.69) is 35.4 Å². The Labute approximate surface area is 139 Å². The SMILES string of the molecule is Cc1ccn(-c2ccc(NCc3nnc4n3CCCCC4)nn2)n1. The van der Waals surface area contributed by atoms with Gasteiger partial charge in [0.05, 0.1) is 12.2 Å². The van der Waals surface area contributed by atoms with Gasteiger partial charge in [-0.3, -0.25) is 0 Å². The predicted octanol–water partition coefficient (Wildman–Crippen LogP) is 1.90. The Morgan fingerprint density at radius 2 is 2.00 bits per heavy atom. The smallest absolute Gasteiger partial charge is 0.175 e. The highest BCUT2D eigenvalue weighted by Gasteiger charge is 2.14. The minimum absolute atomic E-state index is 0.599. The third-order valence-electron chi connectivity index (χ3n) is 4.22. The molecular weight excluding hydrogens is 304 g/mol. The van der Waals surface area contributed by atoms with Crippen molar-refractivity contribution in [1.29, 1.82) is 0 Å². The minimum Gasteiger partial charge on any atom is -0.361 e. The van der Waals surface area contributed by atoms with Crippen molar-refractivity contribution in [3.05, 3.63) is 41.7 Å². The molecule has 1 N–H and O–H groups in total. The molecule has 0 bridgehead atoms. The molecule has 4 rings (SSSR count). The molecule has 8 nitrogen and oxygen atoms in total. The van der Waals surface area contributed by atoms with E-state index < -0.39 is 0 Å². The Kier molecular flexibility index (Phi) is 3.94. The summed E-state index contributed by atoms with van der Waals surface area (Å²) in [5.41, 5.74) is 0.950. The number of nitrogens with zero attached hydrogens (tertiary/aromatic N) is 7. The van der Waals surface area contributed by atoms with Crippen LogP contribution in [-0.2, 0) is 19.5 Å². The highest BCUT2D eigenvalue weighted by molar-refractivity contribution is 5.36. The second kappa shape index (κ2) is 6.38. The van der Waals surface area contributed by atoms with Crippen molar-refractivity contribution in [1.82, 2.24) is 34.7 Å². The van der Waals surface area contributed by atoms with Crippen LogP contribution in [0, 0.1) is 6.92 Å². The molecule has 0 atom stereocenters. The maximum Gasteiger partial charge on any atom is 0.175 e. The van der Waals surface area contributed by atoms with Gasteiger partial charge >= 0.3 is 0 Å². The predicted molar refractivity (Wildman–Crippen MR) is 88.8 cm³/mol. The number of nitrogens with one attached hydrogen (secondary N) is 1. The maximum absolute atomic E-state index is 4.33. The number of aryl methyl sites for hydroxylation is 2. The van der Waals surface area contributed by atoms with Crippen LogP contribution in [0.5, 0.6) is 0 Å². The number of hydrogen-bond acceptors (Lipinski definition) is 6. The number of rotatable bonds is 4. The van der Waals surface area contributed by atoms with Gasteiger partial charge in [-0.05, 0) is 38.0 Å². The fourth-order valence-electron chi connectivity index (χ4n) is 2.93. The third kappa shape index (κ3) is 2.99. The summed E-state index contributed by atoms with van der Waals surface area (Å²) in [4.78, 5) is 0. The molecule has 0 spiro atoms. The summed E-state index contributed by atoms with van der Waals surface area (Å²) in [6, 6.07) is 5.73. The number of anilines is 1. The van der Waals surface area contributed by atoms with Crippen molar-refractivity contribution in [3.8, 4) is 5.82 Å². The number of aromatic nitrogens is 7. The lowest BCUT2D eigenvalue weighted by Crippen LogP contribution is -2.11. The van der Waals surface area contributed by atoms with E-state index in [0.717, 1.165) is 30.3 Å². The van der Waals surface area contributed by atoms with E-state index in [-0.39, 0.29) is 0 Å². The fourth-order valence-corrected chi connectivity index (χ4v) is 2.93. The first-order valence-electron chi connectivity index (χ1n) is 8.31. The van der Waals surface area contributed by atoms with Crippen LogP contribution in [-0.4, -0.2) is 34.7 Å². The fraction of sp³-hybridized carbons (Fsp3) is 0.438. The number of hydrogen-bond donors (Lipinski definition) is 1. The van der Waals surface area contributed by atoms with Crippen LogP contribution in [0.25, 0.3) is 5.82 Å². The zero-order valence-electron chi connectivity index (χ0n) is 13.7. The summed E-state index contributed by atoms with van der Waals surface area (Å²) in [5.74, 6) is 3.47. The van der Waals surface area contributed by atoms with Gasteiger partial charge in [0.1, 0.15) is 11.6 Å². The Bertz CT molecular complexity index is 817. The molecule has 0 fully saturated rings. The van der Waals surface area contributed by atoms with Gasteiger partial charge in [-0.1, -0.05) is 6.42 Å². The van der Waals surface area contributed by atoms with Crippen molar-refractivity contribution in [2.75, 3.05) is 5.32 Å². The van der Waals surface area contributed by atoms with Gasteiger partial charge in [-0.2, -0.15) is 5.10 Å². The molecule has 124 valence electrons. The average molecular weight is 324 g/mol. The molecule has 8 heteroatoms. The van der Waals surface area contributed by atoms with E-state index in [0.29, 0.717) is 18.2 Å². The van der Waals surface area contributed by atoms with Crippen LogP contribution in [0.15, 0.2) is 24.4 Å². The summed E-state index contributed by atoms with van der Waals surface area (Å²) in [6.45, 7) is 3.55. The molecule has 0 saturated carbocycles. The van der Waals surface area contributed by atoms with Crippen LogP contribution in [0.3, 0.4) is 0 Å². The average Bonchev–Trinajstić information content (AvgIpc) is 3.13. The van der Waals surface area contributed by atoms with Crippen molar-refractivity contribution >= 4 is 5.82 Å². The van der Waals surface area contributed by atoms with Crippen molar-refractivity contribution < 1.29 is 0 Å². The Balaban J connectivity index is 1.44. The Hall–Kier alpha value is -2.77. The van der Waals surface area contributed by atoms with E-state index in [1.54, 1.807) is 4.68 Å². The Morgan fingerprint density at radius 1 is 1.04 bits per heavy atom. The molecule has 1 aliphatic heterocycles. The first-order valence-corrected chi connectivity index (χ1v) is 8.31. The van der Waals surface area contributed by atoms with Gasteiger partial charge in [-0.15, -0.1) is 20.4 Å². The summed E-state index contributed by atoms with van der Waals surface area (Å²) in [6.07, 6.45) is 6.54. The lowest BCUT2D eigenvalue weighted by molar-refractivity contribution is 0.609. The molecule has 0 radical (unpaired) electrons. The summed E-state index contributed by atoms with van der Waals surface area (Å²) in [5, 5.41) is 24.6.